The number of hydrogen-bond acceptors (Lipinski definition) is 5. The number of amides is 2. The average molecular weight is 425 g/mol. The lowest BCUT2D eigenvalue weighted by atomic mass is 10.2. The summed E-state index contributed by atoms with van der Waals surface area (Å²) in [6.45, 7) is 0.194. The van der Waals surface area contributed by atoms with Gasteiger partial charge in [-0.15, -0.1) is 0 Å². The van der Waals surface area contributed by atoms with Crippen LogP contribution in [0.2, 0.25) is 0 Å². The molecule has 30 heavy (non-hydrogen) atoms. The predicted molar refractivity (Wildman–Crippen MR) is 110 cm³/mol. The third-order valence-electron chi connectivity index (χ3n) is 4.59. The van der Waals surface area contributed by atoms with Crippen LogP contribution in [0.1, 0.15) is 10.4 Å². The van der Waals surface area contributed by atoms with Gasteiger partial charge in [-0.2, -0.15) is 9.40 Å². The largest absolute Gasteiger partial charge is 0.354 e. The van der Waals surface area contributed by atoms with Crippen LogP contribution in [0, 0.1) is 0 Å². The highest BCUT2D eigenvalue weighted by Gasteiger charge is 2.29. The van der Waals surface area contributed by atoms with Gasteiger partial charge in [0.15, 0.2) is 5.82 Å². The Hall–Kier alpha value is -3.50. The number of nitrogens with one attached hydrogen (secondary N) is 2. The maximum absolute atomic E-state index is 12.8. The summed E-state index contributed by atoms with van der Waals surface area (Å²) < 4.78 is 28.4. The summed E-state index contributed by atoms with van der Waals surface area (Å²) in [5, 5.41) is 9.57. The molecule has 0 spiro atoms. The van der Waals surface area contributed by atoms with Gasteiger partial charge in [0.2, 0.25) is 15.9 Å². The third-order valence-corrected chi connectivity index (χ3v) is 6.43. The van der Waals surface area contributed by atoms with E-state index in [0.29, 0.717) is 5.82 Å². The van der Waals surface area contributed by atoms with Crippen molar-refractivity contribution in [1.29, 1.82) is 0 Å². The highest BCUT2D eigenvalue weighted by atomic mass is 32.2. The van der Waals surface area contributed by atoms with Gasteiger partial charge in [0.25, 0.3) is 5.91 Å². The summed E-state index contributed by atoms with van der Waals surface area (Å²) in [6, 6.07) is 16.8. The Bertz CT molecular complexity index is 1190. The molecule has 2 aromatic carbocycles. The minimum absolute atomic E-state index is 0.0420. The molecular formula is C20H19N5O4S. The number of rotatable bonds is 5. The van der Waals surface area contributed by atoms with E-state index >= 15 is 0 Å². The molecule has 9 nitrogen and oxygen atoms in total. The van der Waals surface area contributed by atoms with Crippen molar-refractivity contribution in [1.82, 2.24) is 19.4 Å². The lowest BCUT2D eigenvalue weighted by molar-refractivity contribution is -0.122. The van der Waals surface area contributed by atoms with E-state index in [9.17, 15) is 18.0 Å². The van der Waals surface area contributed by atoms with Gasteiger partial charge in [0.05, 0.1) is 17.1 Å². The summed E-state index contributed by atoms with van der Waals surface area (Å²) in [4.78, 5) is 24.1. The molecule has 2 heterocycles. The first-order chi connectivity index (χ1) is 14.4. The number of carbonyl (C=O) groups excluding carboxylic acids is 2. The molecule has 10 heteroatoms. The number of piperazine rings is 1. The smallest absolute Gasteiger partial charge is 0.256 e. The van der Waals surface area contributed by atoms with E-state index in [1.807, 2.05) is 30.3 Å². The number of nitrogens with zero attached hydrogens (tertiary/aromatic N) is 3. The normalized spacial score (nSPS) is 14.9. The Morgan fingerprint density at radius 2 is 1.87 bits per heavy atom. The summed E-state index contributed by atoms with van der Waals surface area (Å²) in [7, 11) is -3.88. The van der Waals surface area contributed by atoms with E-state index in [-0.39, 0.29) is 36.0 Å². The Morgan fingerprint density at radius 1 is 1.07 bits per heavy atom. The van der Waals surface area contributed by atoms with Gasteiger partial charge in [-0.3, -0.25) is 9.59 Å². The van der Waals surface area contributed by atoms with Crippen LogP contribution in [0.25, 0.3) is 5.69 Å². The summed E-state index contributed by atoms with van der Waals surface area (Å²) >= 11 is 0. The van der Waals surface area contributed by atoms with Crippen LogP contribution >= 0.6 is 0 Å². The fourth-order valence-corrected chi connectivity index (χ4v) is 4.51. The number of aromatic nitrogens is 2. The second kappa shape index (κ2) is 8.09. The average Bonchev–Trinajstić information content (AvgIpc) is 3.23. The number of anilines is 1. The van der Waals surface area contributed by atoms with Crippen molar-refractivity contribution >= 4 is 27.7 Å². The van der Waals surface area contributed by atoms with Crippen molar-refractivity contribution in [3.8, 4) is 5.69 Å². The van der Waals surface area contributed by atoms with Crippen LogP contribution in [-0.2, 0) is 14.8 Å². The van der Waals surface area contributed by atoms with Crippen molar-refractivity contribution in [2.45, 2.75) is 4.90 Å². The summed E-state index contributed by atoms with van der Waals surface area (Å²) in [6.07, 6.45) is 1.72. The SMILES string of the molecule is O=C1CN(S(=O)(=O)c2cccc(C(=O)Nc3ccn(-c4ccccc4)n3)c2)CCN1. The number of para-hydroxylation sites is 1. The number of carbonyl (C=O) groups is 2. The molecule has 0 aliphatic carbocycles. The molecule has 1 fully saturated rings. The zero-order chi connectivity index (χ0) is 21.1. The Balaban J connectivity index is 1.52. The van der Waals surface area contributed by atoms with Gasteiger partial charge >= 0.3 is 0 Å². The zero-order valence-corrected chi connectivity index (χ0v) is 16.7. The van der Waals surface area contributed by atoms with Crippen LogP contribution < -0.4 is 10.6 Å². The second-order valence-corrected chi connectivity index (χ2v) is 8.59. The second-order valence-electron chi connectivity index (χ2n) is 6.65. The Labute approximate surface area is 173 Å². The highest BCUT2D eigenvalue weighted by molar-refractivity contribution is 7.89. The van der Waals surface area contributed by atoms with E-state index in [0.717, 1.165) is 9.99 Å². The molecule has 0 unspecified atom stereocenters. The maximum Gasteiger partial charge on any atom is 0.256 e. The van der Waals surface area contributed by atoms with Crippen molar-refractivity contribution in [3.05, 3.63) is 72.4 Å². The first-order valence-electron chi connectivity index (χ1n) is 9.23. The molecule has 1 aromatic heterocycles. The van der Waals surface area contributed by atoms with Gasteiger partial charge in [0, 0.05) is 30.9 Å². The standard InChI is InChI=1S/C20H19N5O4S/c26-19-14-24(12-10-21-19)30(28,29)17-8-4-5-15(13-17)20(27)22-18-9-11-25(23-18)16-6-2-1-3-7-16/h1-9,11,13H,10,12,14H2,(H,21,26)(H,22,23,27). The van der Waals surface area contributed by atoms with Crippen LogP contribution in [0.5, 0.6) is 0 Å². The molecule has 4 rings (SSSR count). The van der Waals surface area contributed by atoms with Gasteiger partial charge in [0.1, 0.15) is 0 Å². The van der Waals surface area contributed by atoms with Crippen LogP contribution in [0.15, 0.2) is 71.8 Å². The molecule has 0 radical (unpaired) electrons. The van der Waals surface area contributed by atoms with Gasteiger partial charge < -0.3 is 10.6 Å². The Kier molecular flexibility index (Phi) is 5.34. The molecule has 3 aromatic rings. The minimum atomic E-state index is -3.88. The van der Waals surface area contributed by atoms with Crippen molar-refractivity contribution in [2.75, 3.05) is 25.0 Å². The van der Waals surface area contributed by atoms with Gasteiger partial charge in [-0.1, -0.05) is 24.3 Å². The number of sulfonamides is 1. The zero-order valence-electron chi connectivity index (χ0n) is 15.9. The number of benzene rings is 2. The van der Waals surface area contributed by atoms with Crippen LogP contribution in [0.4, 0.5) is 5.82 Å². The molecule has 0 bridgehead atoms. The quantitative estimate of drug-likeness (QED) is 0.639. The summed E-state index contributed by atoms with van der Waals surface area (Å²) in [5.74, 6) is -0.501. The van der Waals surface area contributed by atoms with Crippen LogP contribution in [0.3, 0.4) is 0 Å². The lowest BCUT2D eigenvalue weighted by Crippen LogP contribution is -2.49. The molecule has 0 saturated carbocycles. The molecule has 154 valence electrons. The molecule has 1 aliphatic rings. The molecule has 2 N–H and O–H groups in total. The van der Waals surface area contributed by atoms with Crippen LogP contribution in [-0.4, -0.2) is 54.0 Å². The topological polar surface area (TPSA) is 113 Å². The molecule has 0 atom stereocenters. The van der Waals surface area contributed by atoms with Crippen molar-refractivity contribution < 1.29 is 18.0 Å². The minimum Gasteiger partial charge on any atom is -0.354 e. The predicted octanol–water partition coefficient (Wildman–Crippen LogP) is 1.25. The van der Waals surface area contributed by atoms with Gasteiger partial charge in [-0.25, -0.2) is 13.1 Å². The Morgan fingerprint density at radius 3 is 2.63 bits per heavy atom. The first kappa shape index (κ1) is 19.8. The number of hydrogen-bond donors (Lipinski definition) is 2. The van der Waals surface area contributed by atoms with E-state index in [4.69, 9.17) is 0 Å². The maximum atomic E-state index is 12.8. The van der Waals surface area contributed by atoms with Crippen molar-refractivity contribution in [3.63, 3.8) is 0 Å². The fourth-order valence-electron chi connectivity index (χ4n) is 3.07. The molecule has 2 amide bonds. The van der Waals surface area contributed by atoms with E-state index < -0.39 is 15.9 Å². The van der Waals surface area contributed by atoms with Crippen molar-refractivity contribution in [2.24, 2.45) is 0 Å². The van der Waals surface area contributed by atoms with Gasteiger partial charge in [-0.05, 0) is 30.3 Å². The third kappa shape index (κ3) is 4.09. The van der Waals surface area contributed by atoms with E-state index in [1.165, 1.54) is 24.3 Å². The molecule has 1 saturated heterocycles. The monoisotopic (exact) mass is 425 g/mol. The summed E-state index contributed by atoms with van der Waals surface area (Å²) in [5.41, 5.74) is 1.02. The molecular weight excluding hydrogens is 406 g/mol. The highest BCUT2D eigenvalue weighted by Crippen LogP contribution is 2.19. The first-order valence-corrected chi connectivity index (χ1v) is 10.7. The lowest BCUT2D eigenvalue weighted by Gasteiger charge is -2.26. The fraction of sp³-hybridized carbons (Fsp3) is 0.150. The van der Waals surface area contributed by atoms with E-state index in [1.54, 1.807) is 16.9 Å². The van der Waals surface area contributed by atoms with E-state index in [2.05, 4.69) is 15.7 Å². The molecule has 1 aliphatic heterocycles.